The number of amides is 1. The van der Waals surface area contributed by atoms with Gasteiger partial charge in [-0.15, -0.1) is 24.8 Å². The summed E-state index contributed by atoms with van der Waals surface area (Å²) in [4.78, 5) is 16.1. The summed E-state index contributed by atoms with van der Waals surface area (Å²) in [5.41, 5.74) is 6.56. The summed E-state index contributed by atoms with van der Waals surface area (Å²) in [5.74, 6) is 0.366. The Labute approximate surface area is 155 Å². The molecule has 0 radical (unpaired) electrons. The molecule has 0 aliphatic carbocycles. The molecular formula is C16H26Cl2FN3O2. The van der Waals surface area contributed by atoms with E-state index in [0.29, 0.717) is 44.8 Å². The molecule has 0 spiro atoms. The van der Waals surface area contributed by atoms with Gasteiger partial charge >= 0.3 is 0 Å². The number of nitrogens with two attached hydrogens (primary N) is 1. The van der Waals surface area contributed by atoms with Crippen LogP contribution in [0.5, 0.6) is 5.75 Å². The van der Waals surface area contributed by atoms with Gasteiger partial charge in [-0.05, 0) is 25.5 Å². The zero-order valence-corrected chi connectivity index (χ0v) is 15.7. The molecule has 1 aliphatic rings. The van der Waals surface area contributed by atoms with E-state index in [1.165, 1.54) is 19.2 Å². The van der Waals surface area contributed by atoms with Crippen LogP contribution >= 0.6 is 24.8 Å². The van der Waals surface area contributed by atoms with Crippen LogP contribution in [-0.4, -0.2) is 50.1 Å². The highest BCUT2D eigenvalue weighted by Gasteiger charge is 2.23. The molecule has 1 atom stereocenters. The minimum atomic E-state index is -0.315. The fourth-order valence-electron chi connectivity index (χ4n) is 2.62. The van der Waals surface area contributed by atoms with Crippen LogP contribution in [0.2, 0.25) is 0 Å². The predicted octanol–water partition coefficient (Wildman–Crippen LogP) is 2.45. The van der Waals surface area contributed by atoms with Crippen molar-refractivity contribution in [1.29, 1.82) is 0 Å². The van der Waals surface area contributed by atoms with E-state index in [-0.39, 0.29) is 42.6 Å². The second-order valence-corrected chi connectivity index (χ2v) is 5.70. The normalized spacial score (nSPS) is 15.2. The van der Waals surface area contributed by atoms with Gasteiger partial charge < -0.3 is 20.3 Å². The van der Waals surface area contributed by atoms with Crippen LogP contribution in [0.15, 0.2) is 18.2 Å². The maximum absolute atomic E-state index is 13.3. The molecule has 8 heteroatoms. The maximum Gasteiger partial charge on any atom is 0.222 e. The van der Waals surface area contributed by atoms with Crippen LogP contribution in [0.4, 0.5) is 10.1 Å². The Morgan fingerprint density at radius 2 is 1.92 bits per heavy atom. The van der Waals surface area contributed by atoms with Crippen molar-refractivity contribution in [2.24, 2.45) is 5.73 Å². The van der Waals surface area contributed by atoms with Crippen molar-refractivity contribution in [3.8, 4) is 5.75 Å². The number of anilines is 1. The van der Waals surface area contributed by atoms with Gasteiger partial charge in [0, 0.05) is 44.7 Å². The van der Waals surface area contributed by atoms with E-state index >= 15 is 0 Å². The number of nitrogens with zero attached hydrogens (tertiary/aromatic N) is 2. The second kappa shape index (κ2) is 10.6. The molecule has 1 unspecified atom stereocenters. The van der Waals surface area contributed by atoms with Gasteiger partial charge in [0.15, 0.2) is 0 Å². The van der Waals surface area contributed by atoms with E-state index in [4.69, 9.17) is 10.5 Å². The number of rotatable bonds is 5. The first-order valence-corrected chi connectivity index (χ1v) is 7.63. The lowest BCUT2D eigenvalue weighted by Crippen LogP contribution is -2.49. The Morgan fingerprint density at radius 3 is 2.46 bits per heavy atom. The van der Waals surface area contributed by atoms with Crippen molar-refractivity contribution in [2.75, 3.05) is 38.2 Å². The molecule has 0 aromatic heterocycles. The third kappa shape index (κ3) is 6.00. The van der Waals surface area contributed by atoms with Crippen molar-refractivity contribution in [2.45, 2.75) is 25.8 Å². The summed E-state index contributed by atoms with van der Waals surface area (Å²) < 4.78 is 18.5. The van der Waals surface area contributed by atoms with Crippen molar-refractivity contribution in [3.05, 3.63) is 24.0 Å². The number of hydrogen-bond acceptors (Lipinski definition) is 4. The Kier molecular flexibility index (Phi) is 10.0. The van der Waals surface area contributed by atoms with Crippen LogP contribution in [0.1, 0.15) is 19.8 Å². The SMILES string of the molecule is COc1cc(F)ccc1N1CCN(C(=O)CCC(C)N)CC1.Cl.Cl. The quantitative estimate of drug-likeness (QED) is 0.850. The molecule has 1 amide bonds. The number of piperazine rings is 1. The van der Waals surface area contributed by atoms with Crippen molar-refractivity contribution < 1.29 is 13.9 Å². The first-order valence-electron chi connectivity index (χ1n) is 7.63. The second-order valence-electron chi connectivity index (χ2n) is 5.70. The van der Waals surface area contributed by atoms with Gasteiger partial charge in [-0.3, -0.25) is 4.79 Å². The summed E-state index contributed by atoms with van der Waals surface area (Å²) in [6, 6.07) is 4.59. The van der Waals surface area contributed by atoms with E-state index in [0.717, 1.165) is 5.69 Å². The summed E-state index contributed by atoms with van der Waals surface area (Å²) in [6.07, 6.45) is 1.21. The standard InChI is InChI=1S/C16H24FN3O2.2ClH/c1-12(18)3-6-16(21)20-9-7-19(8-10-20)14-5-4-13(17)11-15(14)22-2;;/h4-5,11-12H,3,6-10,18H2,1-2H3;2*1H. The highest BCUT2D eigenvalue weighted by Crippen LogP contribution is 2.29. The molecule has 2 N–H and O–H groups in total. The summed E-state index contributed by atoms with van der Waals surface area (Å²) in [7, 11) is 1.53. The average Bonchev–Trinajstić information content (AvgIpc) is 2.52. The molecule has 138 valence electrons. The molecule has 5 nitrogen and oxygen atoms in total. The lowest BCUT2D eigenvalue weighted by Gasteiger charge is -2.36. The fourth-order valence-corrected chi connectivity index (χ4v) is 2.62. The molecule has 0 bridgehead atoms. The summed E-state index contributed by atoms with van der Waals surface area (Å²) in [6.45, 7) is 4.67. The van der Waals surface area contributed by atoms with Crippen molar-refractivity contribution >= 4 is 36.4 Å². The number of ether oxygens (including phenoxy) is 1. The first-order chi connectivity index (χ1) is 10.5. The highest BCUT2D eigenvalue weighted by molar-refractivity contribution is 5.85. The van der Waals surface area contributed by atoms with Gasteiger partial charge in [-0.1, -0.05) is 0 Å². The molecule has 1 aromatic carbocycles. The summed E-state index contributed by atoms with van der Waals surface area (Å²) >= 11 is 0. The number of methoxy groups -OCH3 is 1. The Bertz CT molecular complexity index is 524. The minimum Gasteiger partial charge on any atom is -0.494 e. The van der Waals surface area contributed by atoms with Gasteiger partial charge in [0.1, 0.15) is 11.6 Å². The molecule has 1 aliphatic heterocycles. The largest absolute Gasteiger partial charge is 0.494 e. The van der Waals surface area contributed by atoms with Gasteiger partial charge in [0.2, 0.25) is 5.91 Å². The minimum absolute atomic E-state index is 0. The molecule has 1 saturated heterocycles. The zero-order chi connectivity index (χ0) is 16.1. The van der Waals surface area contributed by atoms with Crippen LogP contribution in [0.25, 0.3) is 0 Å². The number of benzene rings is 1. The topological polar surface area (TPSA) is 58.8 Å². The van der Waals surface area contributed by atoms with Crippen LogP contribution in [-0.2, 0) is 4.79 Å². The third-order valence-electron chi connectivity index (χ3n) is 3.93. The van der Waals surface area contributed by atoms with Gasteiger partial charge in [-0.25, -0.2) is 4.39 Å². The molecule has 1 fully saturated rings. The number of hydrogen-bond donors (Lipinski definition) is 1. The third-order valence-corrected chi connectivity index (χ3v) is 3.93. The lowest BCUT2D eigenvalue weighted by atomic mass is 10.1. The number of carbonyl (C=O) groups excluding carboxylic acids is 1. The van der Waals surface area contributed by atoms with Crippen LogP contribution in [0, 0.1) is 5.82 Å². The number of halogens is 3. The van der Waals surface area contributed by atoms with E-state index in [1.54, 1.807) is 6.07 Å². The van der Waals surface area contributed by atoms with E-state index in [9.17, 15) is 9.18 Å². The van der Waals surface area contributed by atoms with Gasteiger partial charge in [-0.2, -0.15) is 0 Å². The highest BCUT2D eigenvalue weighted by atomic mass is 35.5. The molecule has 1 heterocycles. The lowest BCUT2D eigenvalue weighted by molar-refractivity contribution is -0.131. The molecule has 1 aromatic rings. The summed E-state index contributed by atoms with van der Waals surface area (Å²) in [5, 5.41) is 0. The van der Waals surface area contributed by atoms with Gasteiger partial charge in [0.05, 0.1) is 12.8 Å². The molecular weight excluding hydrogens is 356 g/mol. The Morgan fingerprint density at radius 1 is 1.29 bits per heavy atom. The van der Waals surface area contributed by atoms with Crippen LogP contribution < -0.4 is 15.4 Å². The van der Waals surface area contributed by atoms with E-state index < -0.39 is 0 Å². The first kappa shape index (κ1) is 22.8. The number of carbonyl (C=O) groups is 1. The smallest absolute Gasteiger partial charge is 0.222 e. The van der Waals surface area contributed by atoms with Gasteiger partial charge in [0.25, 0.3) is 0 Å². The zero-order valence-electron chi connectivity index (χ0n) is 14.0. The molecule has 2 rings (SSSR count). The Hall–Kier alpha value is -1.24. The van der Waals surface area contributed by atoms with Crippen molar-refractivity contribution in [1.82, 2.24) is 4.90 Å². The van der Waals surface area contributed by atoms with Crippen LogP contribution in [0.3, 0.4) is 0 Å². The van der Waals surface area contributed by atoms with E-state index in [1.807, 2.05) is 11.8 Å². The Balaban J connectivity index is 0.00000264. The molecule has 0 saturated carbocycles. The average molecular weight is 382 g/mol. The predicted molar refractivity (Wildman–Crippen MR) is 99.1 cm³/mol. The molecule has 24 heavy (non-hydrogen) atoms. The maximum atomic E-state index is 13.3. The monoisotopic (exact) mass is 381 g/mol. The van der Waals surface area contributed by atoms with Crippen molar-refractivity contribution in [3.63, 3.8) is 0 Å². The van der Waals surface area contributed by atoms with E-state index in [2.05, 4.69) is 4.90 Å². The fraction of sp³-hybridized carbons (Fsp3) is 0.562.